The molecule has 1 saturated carbocycles. The Bertz CT molecular complexity index is 416. The average Bonchev–Trinajstić information content (AvgIpc) is 2.73. The second kappa shape index (κ2) is 4.90. The van der Waals surface area contributed by atoms with Crippen molar-refractivity contribution in [3.05, 3.63) is 11.9 Å². The van der Waals surface area contributed by atoms with Crippen molar-refractivity contribution >= 4 is 0 Å². The summed E-state index contributed by atoms with van der Waals surface area (Å²) in [5.74, 6) is 0.653. The van der Waals surface area contributed by atoms with Crippen LogP contribution < -0.4 is 10.5 Å². The lowest BCUT2D eigenvalue weighted by Crippen LogP contribution is -2.41. The highest BCUT2D eigenvalue weighted by atomic mass is 16.5. The third-order valence-electron chi connectivity index (χ3n) is 3.68. The van der Waals surface area contributed by atoms with Crippen LogP contribution in [0, 0.1) is 0 Å². The zero-order valence-electron chi connectivity index (χ0n) is 11.4. The van der Waals surface area contributed by atoms with Gasteiger partial charge in [0.1, 0.15) is 11.3 Å². The van der Waals surface area contributed by atoms with Gasteiger partial charge in [0.2, 0.25) is 0 Å². The van der Waals surface area contributed by atoms with Gasteiger partial charge in [-0.2, -0.15) is 5.10 Å². The molecular weight excluding hydrogens is 230 g/mol. The number of rotatable bonds is 3. The lowest BCUT2D eigenvalue weighted by atomic mass is 9.79. The Morgan fingerprint density at radius 3 is 2.89 bits per heavy atom. The fraction of sp³-hybridized carbons (Fsp3) is 0.769. The van der Waals surface area contributed by atoms with Gasteiger partial charge in [-0.05, 0) is 39.5 Å². The van der Waals surface area contributed by atoms with Crippen LogP contribution in [-0.2, 0) is 5.60 Å². The van der Waals surface area contributed by atoms with E-state index in [-0.39, 0.29) is 12.1 Å². The van der Waals surface area contributed by atoms with Gasteiger partial charge in [0.25, 0.3) is 0 Å². The number of hydrogen-bond acceptors (Lipinski definition) is 4. The fourth-order valence-electron chi connectivity index (χ4n) is 2.84. The van der Waals surface area contributed by atoms with Crippen molar-refractivity contribution in [1.29, 1.82) is 0 Å². The van der Waals surface area contributed by atoms with Crippen LogP contribution in [0.2, 0.25) is 0 Å². The second-order valence-electron chi connectivity index (χ2n) is 5.49. The van der Waals surface area contributed by atoms with E-state index in [1.165, 1.54) is 0 Å². The Morgan fingerprint density at radius 1 is 1.61 bits per heavy atom. The summed E-state index contributed by atoms with van der Waals surface area (Å²) < 4.78 is 7.19. The molecule has 2 rings (SSSR count). The summed E-state index contributed by atoms with van der Waals surface area (Å²) in [6.07, 6.45) is 4.87. The lowest BCUT2D eigenvalue weighted by molar-refractivity contribution is -0.0177. The van der Waals surface area contributed by atoms with Crippen molar-refractivity contribution < 1.29 is 9.84 Å². The highest BCUT2D eigenvalue weighted by Crippen LogP contribution is 2.41. The second-order valence-corrected chi connectivity index (χ2v) is 5.49. The van der Waals surface area contributed by atoms with Gasteiger partial charge in [0.05, 0.1) is 13.3 Å². The van der Waals surface area contributed by atoms with Gasteiger partial charge in [-0.25, -0.2) is 0 Å². The standard InChI is InChI=1S/C13H23N3O2/c1-9(2)16-12(11(18-3)8-15-16)13(17)6-4-5-10(14)7-13/h8-10,17H,4-7,14H2,1-3H3. The molecule has 0 saturated heterocycles. The van der Waals surface area contributed by atoms with Gasteiger partial charge in [-0.1, -0.05) is 0 Å². The van der Waals surface area contributed by atoms with Crippen LogP contribution in [-0.4, -0.2) is 28.0 Å². The van der Waals surface area contributed by atoms with Crippen LogP contribution >= 0.6 is 0 Å². The molecule has 5 nitrogen and oxygen atoms in total. The topological polar surface area (TPSA) is 73.3 Å². The van der Waals surface area contributed by atoms with Crippen molar-refractivity contribution in [2.24, 2.45) is 5.73 Å². The maximum Gasteiger partial charge on any atom is 0.162 e. The highest BCUT2D eigenvalue weighted by Gasteiger charge is 2.40. The molecule has 0 aromatic carbocycles. The summed E-state index contributed by atoms with van der Waals surface area (Å²) in [4.78, 5) is 0. The van der Waals surface area contributed by atoms with E-state index in [0.717, 1.165) is 25.0 Å². The zero-order valence-corrected chi connectivity index (χ0v) is 11.4. The van der Waals surface area contributed by atoms with Gasteiger partial charge in [0, 0.05) is 12.1 Å². The van der Waals surface area contributed by atoms with Crippen LogP contribution in [0.1, 0.15) is 51.3 Å². The summed E-state index contributed by atoms with van der Waals surface area (Å²) in [5.41, 5.74) is 5.86. The van der Waals surface area contributed by atoms with Crippen molar-refractivity contribution in [3.8, 4) is 5.75 Å². The van der Waals surface area contributed by atoms with E-state index in [1.54, 1.807) is 13.3 Å². The molecule has 18 heavy (non-hydrogen) atoms. The zero-order chi connectivity index (χ0) is 13.3. The largest absolute Gasteiger partial charge is 0.493 e. The number of nitrogens with two attached hydrogens (primary N) is 1. The molecule has 1 aromatic heterocycles. The molecule has 5 heteroatoms. The third kappa shape index (κ3) is 2.24. The van der Waals surface area contributed by atoms with E-state index in [9.17, 15) is 5.11 Å². The molecule has 3 N–H and O–H groups in total. The fourth-order valence-corrected chi connectivity index (χ4v) is 2.84. The number of methoxy groups -OCH3 is 1. The molecule has 102 valence electrons. The molecule has 2 atom stereocenters. The summed E-state index contributed by atoms with van der Waals surface area (Å²) in [6, 6.07) is 0.232. The Hall–Kier alpha value is -1.07. The predicted molar refractivity (Wildman–Crippen MR) is 69.5 cm³/mol. The Kier molecular flexibility index (Phi) is 3.64. The van der Waals surface area contributed by atoms with Crippen molar-refractivity contribution in [2.75, 3.05) is 7.11 Å². The lowest BCUT2D eigenvalue weighted by Gasteiger charge is -2.36. The summed E-state index contributed by atoms with van der Waals surface area (Å²) in [6.45, 7) is 4.09. The molecule has 1 aliphatic carbocycles. The molecule has 1 aromatic rings. The quantitative estimate of drug-likeness (QED) is 0.857. The van der Waals surface area contributed by atoms with Crippen LogP contribution in [0.4, 0.5) is 0 Å². The average molecular weight is 253 g/mol. The van der Waals surface area contributed by atoms with Gasteiger partial charge >= 0.3 is 0 Å². The maximum atomic E-state index is 10.9. The first-order valence-corrected chi connectivity index (χ1v) is 6.58. The summed E-state index contributed by atoms with van der Waals surface area (Å²) in [7, 11) is 1.61. The number of nitrogens with zero attached hydrogens (tertiary/aromatic N) is 2. The van der Waals surface area contributed by atoms with Crippen LogP contribution in [0.25, 0.3) is 0 Å². The molecule has 0 radical (unpaired) electrons. The van der Waals surface area contributed by atoms with E-state index < -0.39 is 5.60 Å². The van der Waals surface area contributed by atoms with E-state index in [4.69, 9.17) is 10.5 Å². The predicted octanol–water partition coefficient (Wildman–Crippen LogP) is 1.56. The maximum absolute atomic E-state index is 10.9. The molecule has 0 aliphatic heterocycles. The molecule has 0 amide bonds. The van der Waals surface area contributed by atoms with Crippen molar-refractivity contribution in [2.45, 2.75) is 57.2 Å². The first-order valence-electron chi connectivity index (χ1n) is 6.58. The first kappa shape index (κ1) is 13.4. The Labute approximate surface area is 108 Å². The van der Waals surface area contributed by atoms with E-state index in [2.05, 4.69) is 5.10 Å². The molecule has 2 unspecified atom stereocenters. The summed E-state index contributed by atoms with van der Waals surface area (Å²) in [5, 5.41) is 15.2. The number of ether oxygens (including phenoxy) is 1. The third-order valence-corrected chi connectivity index (χ3v) is 3.68. The minimum Gasteiger partial charge on any atom is -0.493 e. The smallest absolute Gasteiger partial charge is 0.162 e. The van der Waals surface area contributed by atoms with Gasteiger partial charge in [-0.15, -0.1) is 0 Å². The van der Waals surface area contributed by atoms with Crippen LogP contribution in [0.3, 0.4) is 0 Å². The SMILES string of the molecule is COc1cnn(C(C)C)c1C1(O)CCCC(N)C1. The van der Waals surface area contributed by atoms with Crippen LogP contribution in [0.5, 0.6) is 5.75 Å². The molecule has 0 spiro atoms. The van der Waals surface area contributed by atoms with Crippen molar-refractivity contribution in [1.82, 2.24) is 9.78 Å². The van der Waals surface area contributed by atoms with E-state index in [0.29, 0.717) is 12.2 Å². The van der Waals surface area contributed by atoms with Gasteiger partial charge in [-0.3, -0.25) is 4.68 Å². The minimum atomic E-state index is -0.913. The normalized spacial score (nSPS) is 28.7. The number of aromatic nitrogens is 2. The van der Waals surface area contributed by atoms with Crippen LogP contribution in [0.15, 0.2) is 6.20 Å². The van der Waals surface area contributed by atoms with E-state index in [1.807, 2.05) is 18.5 Å². The Morgan fingerprint density at radius 2 is 2.33 bits per heavy atom. The van der Waals surface area contributed by atoms with Gasteiger partial charge < -0.3 is 15.6 Å². The molecule has 0 bridgehead atoms. The minimum absolute atomic E-state index is 0.0453. The number of aliphatic hydroxyl groups is 1. The molecule has 1 fully saturated rings. The summed E-state index contributed by atoms with van der Waals surface area (Å²) >= 11 is 0. The molecular formula is C13H23N3O2. The molecule has 1 heterocycles. The number of hydrogen-bond donors (Lipinski definition) is 2. The molecule has 1 aliphatic rings. The Balaban J connectivity index is 2.44. The first-order chi connectivity index (χ1) is 8.48. The van der Waals surface area contributed by atoms with Crippen molar-refractivity contribution in [3.63, 3.8) is 0 Å². The van der Waals surface area contributed by atoms with Gasteiger partial charge in [0.15, 0.2) is 5.75 Å². The van der Waals surface area contributed by atoms with E-state index >= 15 is 0 Å². The monoisotopic (exact) mass is 253 g/mol. The highest BCUT2D eigenvalue weighted by molar-refractivity contribution is 5.32.